The molecule has 0 aliphatic heterocycles. The minimum atomic E-state index is -4.64. The lowest BCUT2D eigenvalue weighted by Crippen LogP contribution is -2.14. The molecular formula is C25H23ClF4O2. The zero-order chi connectivity index (χ0) is 23.3. The van der Waals surface area contributed by atoms with Crippen molar-refractivity contribution in [2.75, 3.05) is 0 Å². The fourth-order valence-electron chi connectivity index (χ4n) is 4.85. The van der Waals surface area contributed by atoms with E-state index in [1.165, 1.54) is 12.1 Å². The quantitative estimate of drug-likeness (QED) is 0.347. The van der Waals surface area contributed by atoms with Crippen molar-refractivity contribution in [2.24, 2.45) is 17.3 Å². The van der Waals surface area contributed by atoms with E-state index < -0.39 is 40.5 Å². The number of hydrogen-bond donors (Lipinski definition) is 0. The molecule has 2 nitrogen and oxygen atoms in total. The number of rotatable bonds is 5. The van der Waals surface area contributed by atoms with Gasteiger partial charge in [-0.3, -0.25) is 4.79 Å². The van der Waals surface area contributed by atoms with Crippen LogP contribution in [0.1, 0.15) is 49.0 Å². The molecule has 1 saturated carbocycles. The molecule has 0 N–H and O–H groups in total. The van der Waals surface area contributed by atoms with Crippen LogP contribution in [0, 0.1) is 23.1 Å². The Morgan fingerprint density at radius 1 is 1.16 bits per heavy atom. The molecule has 4 unspecified atom stereocenters. The van der Waals surface area contributed by atoms with Gasteiger partial charge in [-0.25, -0.2) is 4.39 Å². The Labute approximate surface area is 189 Å². The van der Waals surface area contributed by atoms with Gasteiger partial charge in [0.2, 0.25) is 0 Å². The predicted molar refractivity (Wildman–Crippen MR) is 113 cm³/mol. The number of carbonyl (C=O) groups excluding carboxylic acids is 1. The van der Waals surface area contributed by atoms with Crippen molar-refractivity contribution in [2.45, 2.75) is 44.9 Å². The minimum Gasteiger partial charge on any atom is -0.457 e. The first-order valence-electron chi connectivity index (χ1n) is 10.5. The first-order chi connectivity index (χ1) is 15.0. The molecule has 0 radical (unpaired) electrons. The predicted octanol–water partition coefficient (Wildman–Crippen LogP) is 7.10. The molecule has 2 aliphatic carbocycles. The van der Waals surface area contributed by atoms with E-state index in [4.69, 9.17) is 16.3 Å². The molecule has 2 aromatic rings. The topological polar surface area (TPSA) is 26.3 Å². The largest absolute Gasteiger partial charge is 0.457 e. The van der Waals surface area contributed by atoms with Crippen molar-refractivity contribution in [3.63, 3.8) is 0 Å². The zero-order valence-corrected chi connectivity index (χ0v) is 18.4. The summed E-state index contributed by atoms with van der Waals surface area (Å²) >= 11 is 5.39. The molecule has 4 rings (SSSR count). The maximum atomic E-state index is 13.6. The number of alkyl halides is 3. The van der Waals surface area contributed by atoms with Crippen LogP contribution in [0.5, 0.6) is 0 Å². The summed E-state index contributed by atoms with van der Waals surface area (Å²) < 4.78 is 57.9. The Kier molecular flexibility index (Phi) is 5.86. The summed E-state index contributed by atoms with van der Waals surface area (Å²) in [6.45, 7) is 3.46. The molecular weight excluding hydrogens is 444 g/mol. The molecule has 0 amide bonds. The monoisotopic (exact) mass is 466 g/mol. The molecule has 32 heavy (non-hydrogen) atoms. The summed E-state index contributed by atoms with van der Waals surface area (Å²) in [5.74, 6) is -2.09. The highest BCUT2D eigenvalue weighted by Gasteiger charge is 2.62. The summed E-state index contributed by atoms with van der Waals surface area (Å²) in [5.41, 5.74) is 2.12. The number of fused-ring (bicyclic) bond motifs is 1. The van der Waals surface area contributed by atoms with Crippen molar-refractivity contribution in [3.05, 3.63) is 82.1 Å². The standard InChI is InChI=1S/C25H23ClF4O2/c1-24(2)19(13-21(26)25(28,29)30)22(24)23(31)32-20-12-15(17-8-3-4-9-18(17)20)10-14-6-5-7-16(27)11-14/h3-9,11,13,15,19-20,22H,10,12H2,1-2H3/b21-13+. The van der Waals surface area contributed by atoms with Gasteiger partial charge in [-0.05, 0) is 58.9 Å². The van der Waals surface area contributed by atoms with Crippen molar-refractivity contribution < 1.29 is 27.1 Å². The van der Waals surface area contributed by atoms with Crippen LogP contribution in [0.15, 0.2) is 59.6 Å². The van der Waals surface area contributed by atoms with Crippen LogP contribution < -0.4 is 0 Å². The molecule has 0 spiro atoms. The average molecular weight is 467 g/mol. The van der Waals surface area contributed by atoms with E-state index in [2.05, 4.69) is 0 Å². The van der Waals surface area contributed by atoms with Gasteiger partial charge in [0.15, 0.2) is 0 Å². The third kappa shape index (κ3) is 4.42. The number of hydrogen-bond acceptors (Lipinski definition) is 2. The van der Waals surface area contributed by atoms with E-state index in [9.17, 15) is 22.4 Å². The van der Waals surface area contributed by atoms with E-state index in [0.717, 1.165) is 22.8 Å². The van der Waals surface area contributed by atoms with Gasteiger partial charge in [0.25, 0.3) is 0 Å². The summed E-state index contributed by atoms with van der Waals surface area (Å²) in [6, 6.07) is 14.1. The minimum absolute atomic E-state index is 0.0494. The van der Waals surface area contributed by atoms with E-state index in [0.29, 0.717) is 12.8 Å². The smallest absolute Gasteiger partial charge is 0.426 e. The molecule has 0 bridgehead atoms. The fraction of sp³-hybridized carbons (Fsp3) is 0.400. The fourth-order valence-corrected chi connectivity index (χ4v) is 4.98. The number of carbonyl (C=O) groups is 1. The van der Waals surface area contributed by atoms with Crippen LogP contribution in [0.25, 0.3) is 0 Å². The SMILES string of the molecule is CC1(C)C(/C=C(/Cl)C(F)(F)F)C1C(=O)OC1CC(Cc2cccc(F)c2)c2ccccc21. The molecule has 0 aromatic heterocycles. The maximum Gasteiger partial charge on any atom is 0.426 e. The van der Waals surface area contributed by atoms with E-state index in [1.807, 2.05) is 30.3 Å². The van der Waals surface area contributed by atoms with Gasteiger partial charge in [0.05, 0.1) is 5.92 Å². The third-order valence-corrected chi connectivity index (χ3v) is 7.01. The second kappa shape index (κ2) is 8.22. The average Bonchev–Trinajstić information content (AvgIpc) is 3.08. The van der Waals surface area contributed by atoms with Crippen LogP contribution in [0.2, 0.25) is 0 Å². The lowest BCUT2D eigenvalue weighted by Gasteiger charge is -2.15. The third-order valence-electron chi connectivity index (χ3n) is 6.67. The molecule has 2 aromatic carbocycles. The second-order valence-corrected chi connectivity index (χ2v) is 9.57. The van der Waals surface area contributed by atoms with Crippen molar-refractivity contribution in [3.8, 4) is 0 Å². The molecule has 0 saturated heterocycles. The Balaban J connectivity index is 1.49. The van der Waals surface area contributed by atoms with Gasteiger partial charge >= 0.3 is 12.1 Å². The summed E-state index contributed by atoms with van der Waals surface area (Å²) in [6.07, 6.45) is -3.06. The Morgan fingerprint density at radius 2 is 1.84 bits per heavy atom. The van der Waals surface area contributed by atoms with Gasteiger partial charge in [0, 0.05) is 0 Å². The molecule has 2 aliphatic rings. The Hall–Kier alpha value is -2.34. The van der Waals surface area contributed by atoms with Gasteiger partial charge in [-0.15, -0.1) is 0 Å². The molecule has 1 fully saturated rings. The van der Waals surface area contributed by atoms with Gasteiger partial charge in [0.1, 0.15) is 17.0 Å². The van der Waals surface area contributed by atoms with Crippen LogP contribution in [0.3, 0.4) is 0 Å². The summed E-state index contributed by atoms with van der Waals surface area (Å²) in [5, 5.41) is -1.22. The van der Waals surface area contributed by atoms with Crippen LogP contribution in [-0.4, -0.2) is 12.1 Å². The van der Waals surface area contributed by atoms with Crippen molar-refractivity contribution >= 4 is 17.6 Å². The Bertz CT molecular complexity index is 1060. The van der Waals surface area contributed by atoms with E-state index in [1.54, 1.807) is 19.9 Å². The first-order valence-corrected chi connectivity index (χ1v) is 10.8. The van der Waals surface area contributed by atoms with Gasteiger partial charge < -0.3 is 4.74 Å². The molecule has 0 heterocycles. The van der Waals surface area contributed by atoms with E-state index >= 15 is 0 Å². The van der Waals surface area contributed by atoms with Gasteiger partial charge in [-0.1, -0.05) is 67.9 Å². The number of ether oxygens (including phenoxy) is 1. The van der Waals surface area contributed by atoms with Crippen LogP contribution in [-0.2, 0) is 16.0 Å². The van der Waals surface area contributed by atoms with Gasteiger partial charge in [-0.2, -0.15) is 13.2 Å². The van der Waals surface area contributed by atoms with E-state index in [-0.39, 0.29) is 11.7 Å². The lowest BCUT2D eigenvalue weighted by molar-refractivity contribution is -0.152. The number of halogens is 5. The number of benzene rings is 2. The highest BCUT2D eigenvalue weighted by atomic mass is 35.5. The summed E-state index contributed by atoms with van der Waals surface area (Å²) in [4.78, 5) is 12.9. The number of esters is 1. The van der Waals surface area contributed by atoms with Crippen molar-refractivity contribution in [1.29, 1.82) is 0 Å². The van der Waals surface area contributed by atoms with Crippen molar-refractivity contribution in [1.82, 2.24) is 0 Å². The molecule has 7 heteroatoms. The Morgan fingerprint density at radius 3 is 2.50 bits per heavy atom. The highest BCUT2D eigenvalue weighted by Crippen LogP contribution is 2.61. The normalized spacial score (nSPS) is 26.5. The molecule has 4 atom stereocenters. The summed E-state index contributed by atoms with van der Waals surface area (Å²) in [7, 11) is 0. The zero-order valence-electron chi connectivity index (χ0n) is 17.6. The number of allylic oxidation sites excluding steroid dienone is 2. The van der Waals surface area contributed by atoms with Crippen LogP contribution >= 0.6 is 11.6 Å². The molecule has 170 valence electrons. The first kappa shape index (κ1) is 22.8. The lowest BCUT2D eigenvalue weighted by atomic mass is 9.93. The maximum absolute atomic E-state index is 13.6. The highest BCUT2D eigenvalue weighted by molar-refractivity contribution is 6.30. The second-order valence-electron chi connectivity index (χ2n) is 9.16. The van der Waals surface area contributed by atoms with Crippen LogP contribution in [0.4, 0.5) is 17.6 Å².